The summed E-state index contributed by atoms with van der Waals surface area (Å²) in [6.07, 6.45) is 1.62. The highest BCUT2D eigenvalue weighted by Crippen LogP contribution is 2.31. The molecular weight excluding hydrogens is 568 g/mol. The Bertz CT molecular complexity index is 1440. The average molecular weight is 611 g/mol. The van der Waals surface area contributed by atoms with E-state index in [1.165, 1.54) is 0 Å². The topological polar surface area (TPSA) is 123 Å². The van der Waals surface area contributed by atoms with Gasteiger partial charge in [-0.3, -0.25) is 14.4 Å². The SMILES string of the molecule is CN[C@@H](C)C(=O)N[C@H]1CN(C(=O)Nc2ccc(C)cc2)CC[C@H]2CCC(C(=O)NC(c3ccccc3)c3ccccc3)N2C1=O. The molecular formula is C35H42N6O4. The summed E-state index contributed by atoms with van der Waals surface area (Å²) in [5, 5.41) is 11.9. The van der Waals surface area contributed by atoms with E-state index < -0.39 is 24.2 Å². The van der Waals surface area contributed by atoms with Crippen molar-refractivity contribution in [3.8, 4) is 0 Å². The van der Waals surface area contributed by atoms with Gasteiger partial charge in [-0.1, -0.05) is 78.4 Å². The predicted octanol–water partition coefficient (Wildman–Crippen LogP) is 3.59. The zero-order valence-corrected chi connectivity index (χ0v) is 26.0. The number of anilines is 1. The van der Waals surface area contributed by atoms with Crippen molar-refractivity contribution in [3.05, 3.63) is 102 Å². The molecule has 0 aromatic heterocycles. The number of benzene rings is 3. The lowest BCUT2D eigenvalue weighted by Gasteiger charge is -2.39. The van der Waals surface area contributed by atoms with Crippen molar-refractivity contribution in [3.63, 3.8) is 0 Å². The molecule has 2 aliphatic heterocycles. The van der Waals surface area contributed by atoms with E-state index in [1.807, 2.05) is 91.9 Å². The maximum Gasteiger partial charge on any atom is 0.321 e. The van der Waals surface area contributed by atoms with E-state index in [9.17, 15) is 19.2 Å². The summed E-state index contributed by atoms with van der Waals surface area (Å²) in [4.78, 5) is 57.9. The molecule has 5 amide bonds. The first-order valence-electron chi connectivity index (χ1n) is 15.6. The van der Waals surface area contributed by atoms with E-state index in [-0.39, 0.29) is 36.3 Å². The average Bonchev–Trinajstić information content (AvgIpc) is 3.48. The number of fused-ring (bicyclic) bond motifs is 1. The summed E-state index contributed by atoms with van der Waals surface area (Å²) in [6, 6.07) is 23.7. The molecule has 236 valence electrons. The minimum atomic E-state index is -1.02. The highest BCUT2D eigenvalue weighted by molar-refractivity contribution is 5.95. The molecule has 3 aromatic carbocycles. The molecule has 10 heteroatoms. The fourth-order valence-corrected chi connectivity index (χ4v) is 6.08. The van der Waals surface area contributed by atoms with Gasteiger partial charge in [0, 0.05) is 18.3 Å². The number of carbonyl (C=O) groups is 4. The van der Waals surface area contributed by atoms with Gasteiger partial charge in [-0.25, -0.2) is 4.79 Å². The Morgan fingerprint density at radius 3 is 2.07 bits per heavy atom. The molecule has 10 nitrogen and oxygen atoms in total. The third-order valence-corrected chi connectivity index (χ3v) is 8.78. The van der Waals surface area contributed by atoms with Gasteiger partial charge < -0.3 is 31.1 Å². The van der Waals surface area contributed by atoms with E-state index in [2.05, 4.69) is 21.3 Å². The molecule has 4 atom stereocenters. The molecule has 4 N–H and O–H groups in total. The molecule has 2 heterocycles. The summed E-state index contributed by atoms with van der Waals surface area (Å²) in [6.45, 7) is 4.02. The van der Waals surface area contributed by atoms with E-state index in [0.29, 0.717) is 31.5 Å². The Hall–Kier alpha value is -4.70. The number of nitrogens with one attached hydrogen (secondary N) is 4. The van der Waals surface area contributed by atoms with Gasteiger partial charge in [0.1, 0.15) is 12.1 Å². The number of amides is 5. The highest BCUT2D eigenvalue weighted by atomic mass is 16.2. The fourth-order valence-electron chi connectivity index (χ4n) is 6.08. The predicted molar refractivity (Wildman–Crippen MR) is 173 cm³/mol. The Morgan fingerprint density at radius 2 is 1.47 bits per heavy atom. The molecule has 0 spiro atoms. The zero-order chi connectivity index (χ0) is 31.9. The zero-order valence-electron chi connectivity index (χ0n) is 26.0. The van der Waals surface area contributed by atoms with Gasteiger partial charge in [0.25, 0.3) is 0 Å². The third-order valence-electron chi connectivity index (χ3n) is 8.78. The van der Waals surface area contributed by atoms with Crippen molar-refractivity contribution >= 4 is 29.4 Å². The smallest absolute Gasteiger partial charge is 0.321 e. The molecule has 0 saturated carbocycles. The van der Waals surface area contributed by atoms with Crippen LogP contribution >= 0.6 is 0 Å². The minimum Gasteiger partial charge on any atom is -0.343 e. The van der Waals surface area contributed by atoms with Crippen molar-refractivity contribution in [1.82, 2.24) is 25.8 Å². The maximum absolute atomic E-state index is 14.3. The summed E-state index contributed by atoms with van der Waals surface area (Å²) in [5.74, 6) is -0.967. The van der Waals surface area contributed by atoms with Crippen LogP contribution in [0, 0.1) is 6.92 Å². The molecule has 0 radical (unpaired) electrons. The van der Waals surface area contributed by atoms with Crippen LogP contribution in [-0.4, -0.2) is 77.9 Å². The van der Waals surface area contributed by atoms with Gasteiger partial charge in [0.2, 0.25) is 17.7 Å². The van der Waals surface area contributed by atoms with Gasteiger partial charge in [0.15, 0.2) is 0 Å². The maximum atomic E-state index is 14.3. The normalized spacial score (nSPS) is 20.5. The second kappa shape index (κ2) is 14.4. The lowest BCUT2D eigenvalue weighted by molar-refractivity contribution is -0.144. The Balaban J connectivity index is 1.38. The van der Waals surface area contributed by atoms with Crippen LogP contribution in [0.2, 0.25) is 0 Å². The molecule has 5 rings (SSSR count). The Labute approximate surface area is 264 Å². The van der Waals surface area contributed by atoms with Crippen molar-refractivity contribution in [2.24, 2.45) is 0 Å². The number of likely N-dealkylation sites (N-methyl/N-ethyl adjacent to an activating group) is 1. The Morgan fingerprint density at radius 1 is 0.844 bits per heavy atom. The van der Waals surface area contributed by atoms with Crippen LogP contribution in [-0.2, 0) is 14.4 Å². The number of aryl methyl sites for hydroxylation is 1. The van der Waals surface area contributed by atoms with E-state index >= 15 is 0 Å². The summed E-state index contributed by atoms with van der Waals surface area (Å²) < 4.78 is 0. The van der Waals surface area contributed by atoms with Crippen LogP contribution in [0.25, 0.3) is 0 Å². The first-order chi connectivity index (χ1) is 21.7. The van der Waals surface area contributed by atoms with Crippen LogP contribution in [0.1, 0.15) is 48.9 Å². The number of urea groups is 1. The van der Waals surface area contributed by atoms with Gasteiger partial charge in [-0.2, -0.15) is 0 Å². The number of hydrogen-bond donors (Lipinski definition) is 4. The molecule has 2 fully saturated rings. The molecule has 2 saturated heterocycles. The third kappa shape index (κ3) is 7.51. The summed E-state index contributed by atoms with van der Waals surface area (Å²) in [7, 11) is 1.66. The van der Waals surface area contributed by atoms with E-state index in [4.69, 9.17) is 0 Å². The second-order valence-electron chi connectivity index (χ2n) is 11.9. The number of rotatable bonds is 8. The lowest BCUT2D eigenvalue weighted by atomic mass is 9.98. The van der Waals surface area contributed by atoms with Crippen molar-refractivity contribution in [1.29, 1.82) is 0 Å². The quantitative estimate of drug-likeness (QED) is 0.311. The monoisotopic (exact) mass is 610 g/mol. The molecule has 1 unspecified atom stereocenters. The first-order valence-corrected chi connectivity index (χ1v) is 15.6. The first kappa shape index (κ1) is 31.7. The highest BCUT2D eigenvalue weighted by Gasteiger charge is 2.46. The summed E-state index contributed by atoms with van der Waals surface area (Å²) >= 11 is 0. The molecule has 3 aromatic rings. The van der Waals surface area contributed by atoms with Crippen molar-refractivity contribution < 1.29 is 19.2 Å². The van der Waals surface area contributed by atoms with Crippen molar-refractivity contribution in [2.45, 2.75) is 63.3 Å². The van der Waals surface area contributed by atoms with Crippen molar-refractivity contribution in [2.75, 3.05) is 25.5 Å². The van der Waals surface area contributed by atoms with Crippen LogP contribution in [0.15, 0.2) is 84.9 Å². The van der Waals surface area contributed by atoms with Crippen LogP contribution in [0.3, 0.4) is 0 Å². The molecule has 0 bridgehead atoms. The van der Waals surface area contributed by atoms with E-state index in [1.54, 1.807) is 23.8 Å². The largest absolute Gasteiger partial charge is 0.343 e. The molecule has 0 aliphatic carbocycles. The van der Waals surface area contributed by atoms with Gasteiger partial charge in [0.05, 0.1) is 18.6 Å². The van der Waals surface area contributed by atoms with Crippen LogP contribution in [0.4, 0.5) is 10.5 Å². The number of nitrogens with zero attached hydrogens (tertiary/aromatic N) is 2. The van der Waals surface area contributed by atoms with Crippen LogP contribution < -0.4 is 21.3 Å². The lowest BCUT2D eigenvalue weighted by Crippen LogP contribution is -2.62. The second-order valence-corrected chi connectivity index (χ2v) is 11.9. The number of carbonyl (C=O) groups excluding carboxylic acids is 4. The summed E-state index contributed by atoms with van der Waals surface area (Å²) in [5.41, 5.74) is 3.60. The molecule has 45 heavy (non-hydrogen) atoms. The Kier molecular flexibility index (Phi) is 10.1. The molecule has 2 aliphatic rings. The standard InChI is InChI=1S/C35H42N6O4/c1-23-14-16-27(17-15-23)37-35(45)40-21-20-28-18-19-30(41(28)34(44)29(22-40)38-32(42)24(2)36-3)33(43)39-31(25-10-6-4-7-11-25)26-12-8-5-9-13-26/h4-17,24,28-31,36H,18-22H2,1-3H3,(H,37,45)(H,38,42)(H,39,43)/t24-,28+,29-,30?/m0/s1. The van der Waals surface area contributed by atoms with Gasteiger partial charge in [-0.05, 0) is 63.4 Å². The van der Waals surface area contributed by atoms with Gasteiger partial charge >= 0.3 is 6.03 Å². The fraction of sp³-hybridized carbons (Fsp3) is 0.371. The number of hydrogen-bond acceptors (Lipinski definition) is 5. The van der Waals surface area contributed by atoms with Crippen LogP contribution in [0.5, 0.6) is 0 Å². The van der Waals surface area contributed by atoms with Gasteiger partial charge in [-0.15, -0.1) is 0 Å². The van der Waals surface area contributed by atoms with E-state index in [0.717, 1.165) is 16.7 Å². The minimum absolute atomic E-state index is 0.0209.